The van der Waals surface area contributed by atoms with E-state index in [1.165, 1.54) is 78.2 Å². The summed E-state index contributed by atoms with van der Waals surface area (Å²) in [6.45, 7) is 7.37. The number of aliphatic imine (C=N–C) groups is 1. The van der Waals surface area contributed by atoms with Crippen molar-refractivity contribution in [2.45, 2.75) is 65.2 Å². The second-order valence-electron chi connectivity index (χ2n) is 17.7. The van der Waals surface area contributed by atoms with E-state index in [0.717, 1.165) is 43.4 Å². The van der Waals surface area contributed by atoms with Crippen LogP contribution in [0.3, 0.4) is 0 Å². The minimum Gasteiger partial charge on any atom is -0.261 e. The summed E-state index contributed by atoms with van der Waals surface area (Å²) in [4.78, 5) is 9.44. The molecule has 0 bridgehead atoms. The third kappa shape index (κ3) is 7.27. The van der Waals surface area contributed by atoms with Crippen LogP contribution in [0.4, 0.5) is 0 Å². The normalized spacial score (nSPS) is 23.1. The highest BCUT2D eigenvalue weighted by molar-refractivity contribution is 6.19. The quantitative estimate of drug-likeness (QED) is 0.117. The lowest BCUT2D eigenvalue weighted by molar-refractivity contribution is 0.307. The third-order valence-corrected chi connectivity index (χ3v) is 14.0. The summed E-state index contributed by atoms with van der Waals surface area (Å²) >= 11 is 0. The maximum absolute atomic E-state index is 4.79. The number of benzene rings is 5. The minimum absolute atomic E-state index is 0.317. The Labute approximate surface area is 356 Å². The fourth-order valence-corrected chi connectivity index (χ4v) is 10.5. The highest BCUT2D eigenvalue weighted by atomic mass is 14.7. The molecule has 0 amide bonds. The lowest BCUT2D eigenvalue weighted by Gasteiger charge is -2.33. The average molecular weight is 779 g/mol. The number of pyridine rings is 1. The maximum Gasteiger partial charge on any atom is 0.0701 e. The Morgan fingerprint density at radius 1 is 0.583 bits per heavy atom. The van der Waals surface area contributed by atoms with E-state index < -0.39 is 0 Å². The van der Waals surface area contributed by atoms with Gasteiger partial charge in [0.15, 0.2) is 0 Å². The second-order valence-corrected chi connectivity index (χ2v) is 17.7. The van der Waals surface area contributed by atoms with Gasteiger partial charge in [-0.05, 0) is 141 Å². The van der Waals surface area contributed by atoms with Gasteiger partial charge in [-0.2, -0.15) is 0 Å². The Kier molecular flexibility index (Phi) is 10.5. The van der Waals surface area contributed by atoms with E-state index in [4.69, 9.17) is 4.99 Å². The number of nitrogens with zero attached hydrogens (tertiary/aromatic N) is 2. The number of rotatable bonds is 7. The molecule has 0 spiro atoms. The van der Waals surface area contributed by atoms with Crippen LogP contribution in [0.15, 0.2) is 186 Å². The largest absolute Gasteiger partial charge is 0.261 e. The van der Waals surface area contributed by atoms with E-state index in [1.807, 2.05) is 18.5 Å². The molecule has 5 aromatic carbocycles. The molecule has 1 aliphatic heterocycles. The van der Waals surface area contributed by atoms with Crippen molar-refractivity contribution >= 4 is 38.4 Å². The molecule has 5 unspecified atom stereocenters. The Morgan fingerprint density at radius 2 is 1.30 bits per heavy atom. The Balaban J connectivity index is 1.19. The average Bonchev–Trinajstić information content (AvgIpc) is 3.48. The zero-order valence-corrected chi connectivity index (χ0v) is 35.2. The van der Waals surface area contributed by atoms with E-state index in [9.17, 15) is 0 Å². The smallest absolute Gasteiger partial charge is 0.0701 e. The maximum atomic E-state index is 4.79. The molecule has 0 radical (unpaired) electrons. The van der Waals surface area contributed by atoms with Gasteiger partial charge in [-0.3, -0.25) is 9.98 Å². The molecule has 4 aliphatic rings. The molecule has 3 aliphatic carbocycles. The van der Waals surface area contributed by atoms with Crippen molar-refractivity contribution in [1.82, 2.24) is 4.98 Å². The first-order valence-electron chi connectivity index (χ1n) is 22.3. The lowest BCUT2D eigenvalue weighted by atomic mass is 9.72. The first-order chi connectivity index (χ1) is 29.5. The molecule has 2 heteroatoms. The van der Waals surface area contributed by atoms with Gasteiger partial charge in [0.2, 0.25) is 0 Å². The highest BCUT2D eigenvalue weighted by Gasteiger charge is 2.31. The first-order valence-corrected chi connectivity index (χ1v) is 22.3. The summed E-state index contributed by atoms with van der Waals surface area (Å²) in [7, 11) is 0. The van der Waals surface area contributed by atoms with Crippen molar-refractivity contribution < 1.29 is 0 Å². The van der Waals surface area contributed by atoms with Gasteiger partial charge >= 0.3 is 0 Å². The molecule has 296 valence electrons. The second kappa shape index (κ2) is 16.5. The van der Waals surface area contributed by atoms with Crippen LogP contribution in [0.2, 0.25) is 0 Å². The predicted molar refractivity (Wildman–Crippen MR) is 256 cm³/mol. The summed E-state index contributed by atoms with van der Waals surface area (Å²) < 4.78 is 0. The van der Waals surface area contributed by atoms with E-state index in [0.29, 0.717) is 29.6 Å². The number of fused-ring (bicyclic) bond motifs is 2. The number of allylic oxidation sites excluding steroid dienone is 11. The molecule has 6 aromatic rings. The van der Waals surface area contributed by atoms with Crippen LogP contribution in [0.5, 0.6) is 0 Å². The lowest BCUT2D eigenvalue weighted by Crippen LogP contribution is -2.23. The molecule has 2 heterocycles. The van der Waals surface area contributed by atoms with Gasteiger partial charge < -0.3 is 0 Å². The monoisotopic (exact) mass is 778 g/mol. The molecular formula is C58H54N2. The summed E-state index contributed by atoms with van der Waals surface area (Å²) in [6.07, 6.45) is 27.3. The zero-order valence-electron chi connectivity index (χ0n) is 35.2. The van der Waals surface area contributed by atoms with Gasteiger partial charge in [-0.15, -0.1) is 0 Å². The van der Waals surface area contributed by atoms with Crippen LogP contribution in [0, 0.1) is 23.7 Å². The van der Waals surface area contributed by atoms with Crippen molar-refractivity contribution in [3.05, 3.63) is 198 Å². The molecule has 2 nitrogen and oxygen atoms in total. The van der Waals surface area contributed by atoms with Crippen LogP contribution >= 0.6 is 0 Å². The molecule has 60 heavy (non-hydrogen) atoms. The zero-order chi connectivity index (χ0) is 40.6. The molecule has 0 saturated heterocycles. The number of aromatic nitrogens is 1. The van der Waals surface area contributed by atoms with Crippen molar-refractivity contribution in [3.63, 3.8) is 0 Å². The summed E-state index contributed by atoms with van der Waals surface area (Å²) in [5.74, 6) is 2.53. The molecule has 10 rings (SSSR count). The SMILES string of the molecule is CC1CC(C2C=CCC(C)C2C)=CC(c2ccc3c(-c4ccc(-c5ccccn5)cc4)c4ccccc4c(C4=CC=C(C5=NC=CCC5)CC4)c3c2)=CC1c1ccccc1. The fourth-order valence-electron chi connectivity index (χ4n) is 10.5. The third-order valence-electron chi connectivity index (χ3n) is 14.0. The minimum atomic E-state index is 0.317. The Morgan fingerprint density at radius 3 is 2.05 bits per heavy atom. The van der Waals surface area contributed by atoms with E-state index >= 15 is 0 Å². The van der Waals surface area contributed by atoms with Crippen molar-refractivity contribution in [1.29, 1.82) is 0 Å². The van der Waals surface area contributed by atoms with Crippen LogP contribution < -0.4 is 0 Å². The summed E-state index contributed by atoms with van der Waals surface area (Å²) in [5.41, 5.74) is 15.6. The van der Waals surface area contributed by atoms with Crippen molar-refractivity contribution in [2.75, 3.05) is 0 Å². The van der Waals surface area contributed by atoms with Gasteiger partial charge in [-0.25, -0.2) is 0 Å². The van der Waals surface area contributed by atoms with Crippen molar-refractivity contribution in [3.8, 4) is 22.4 Å². The topological polar surface area (TPSA) is 25.2 Å². The Hall–Kier alpha value is -6.12. The summed E-state index contributed by atoms with van der Waals surface area (Å²) in [5, 5.41) is 5.21. The van der Waals surface area contributed by atoms with Gasteiger partial charge in [0.1, 0.15) is 0 Å². The summed E-state index contributed by atoms with van der Waals surface area (Å²) in [6, 6.07) is 42.9. The predicted octanol–water partition coefficient (Wildman–Crippen LogP) is 15.6. The molecule has 0 N–H and O–H groups in total. The number of hydrogen-bond acceptors (Lipinski definition) is 2. The van der Waals surface area contributed by atoms with Crippen LogP contribution in [0.1, 0.15) is 81.9 Å². The van der Waals surface area contributed by atoms with Crippen LogP contribution in [0.25, 0.3) is 55.1 Å². The van der Waals surface area contributed by atoms with Crippen LogP contribution in [-0.2, 0) is 0 Å². The van der Waals surface area contributed by atoms with E-state index in [-0.39, 0.29) is 0 Å². The van der Waals surface area contributed by atoms with Gasteiger partial charge in [0.05, 0.1) is 5.69 Å². The molecule has 1 aromatic heterocycles. The molecule has 5 atom stereocenters. The molecule has 0 saturated carbocycles. The standard InChI is InChI=1S/C58H54N2/c1-38-14-13-19-49(40(38)3)48-34-39(2)53(41-15-5-4-6-16-41)37-47(35-48)46-30-31-52-54(36-46)58(45-28-24-43(25-29-45)56-21-10-12-33-60-56)51-18-8-7-17-50(51)57(52)44-26-22-42(23-27-44)55-20-9-11-32-59-55/h4-9,11-13,15-20,22-24,26-28,30-33,35-40,49,53H,10,14,21,25,29,34H2,1-3H3. The van der Waals surface area contributed by atoms with Gasteiger partial charge in [0, 0.05) is 35.5 Å². The Bertz CT molecular complexity index is 2790. The fraction of sp³-hybridized carbons (Fsp3) is 0.241. The van der Waals surface area contributed by atoms with Gasteiger partial charge in [0.25, 0.3) is 0 Å². The van der Waals surface area contributed by atoms with E-state index in [1.54, 1.807) is 5.57 Å². The van der Waals surface area contributed by atoms with Gasteiger partial charge in [-0.1, -0.05) is 166 Å². The highest BCUT2D eigenvalue weighted by Crippen LogP contribution is 2.47. The van der Waals surface area contributed by atoms with Crippen LogP contribution in [-0.4, -0.2) is 10.7 Å². The first kappa shape index (κ1) is 38.1. The molecule has 0 fully saturated rings. The molecular weight excluding hydrogens is 725 g/mol. The van der Waals surface area contributed by atoms with E-state index in [2.05, 4.69) is 177 Å². The number of hydrogen-bond donors (Lipinski definition) is 0. The van der Waals surface area contributed by atoms with Crippen molar-refractivity contribution in [2.24, 2.45) is 28.7 Å².